The number of hydrogen-bond donors (Lipinski definition) is 1. The summed E-state index contributed by atoms with van der Waals surface area (Å²) in [6.07, 6.45) is 12.3. The van der Waals surface area contributed by atoms with Gasteiger partial charge in [0, 0.05) is 0 Å². The maximum atomic E-state index is 15.5. The maximum Gasteiger partial charge on any atom is 0.114 e. The van der Waals surface area contributed by atoms with Gasteiger partial charge in [-0.1, -0.05) is 27.7 Å². The Morgan fingerprint density at radius 3 is 2.22 bits per heavy atom. The van der Waals surface area contributed by atoms with Crippen molar-refractivity contribution in [2.24, 2.45) is 45.8 Å². The highest BCUT2D eigenvalue weighted by Crippen LogP contribution is 2.72. The summed E-state index contributed by atoms with van der Waals surface area (Å²) >= 11 is 0. The molecule has 0 spiro atoms. The Morgan fingerprint density at radius 1 is 0.704 bits per heavy atom. The lowest BCUT2D eigenvalue weighted by Gasteiger charge is -2.68. The molecule has 0 aromatic heterocycles. The third kappa shape index (κ3) is 2.32. The minimum absolute atomic E-state index is 0.0390. The van der Waals surface area contributed by atoms with Crippen LogP contribution in [0.25, 0.3) is 0 Å². The van der Waals surface area contributed by atoms with Crippen LogP contribution in [0.3, 0.4) is 0 Å². The van der Waals surface area contributed by atoms with Crippen molar-refractivity contribution in [2.45, 2.75) is 110 Å². The topological polar surface area (TPSA) is 20.2 Å². The van der Waals surface area contributed by atoms with Gasteiger partial charge in [-0.3, -0.25) is 0 Å². The van der Waals surface area contributed by atoms with Gasteiger partial charge in [-0.15, -0.1) is 0 Å². The molecule has 2 heteroatoms. The fraction of sp³-hybridized carbons (Fsp3) is 1.00. The molecule has 9 unspecified atom stereocenters. The van der Waals surface area contributed by atoms with Crippen molar-refractivity contribution >= 4 is 0 Å². The van der Waals surface area contributed by atoms with Gasteiger partial charge in [-0.2, -0.15) is 0 Å². The van der Waals surface area contributed by atoms with Gasteiger partial charge < -0.3 is 5.11 Å². The van der Waals surface area contributed by atoms with Crippen molar-refractivity contribution in [3.05, 3.63) is 0 Å². The highest BCUT2D eigenvalue weighted by molar-refractivity contribution is 5.15. The Morgan fingerprint density at radius 2 is 1.44 bits per heavy atom. The summed E-state index contributed by atoms with van der Waals surface area (Å²) < 4.78 is 15.5. The Balaban J connectivity index is 1.48. The lowest BCUT2D eigenvalue weighted by atomic mass is 9.37. The molecule has 0 radical (unpaired) electrons. The number of halogens is 1. The van der Waals surface area contributed by atoms with E-state index in [1.807, 2.05) is 0 Å². The Hall–Kier alpha value is -0.110. The SMILES string of the molecule is CC1(C)C(O)CCC2(C)C1CCC1(C)C3CCC4(F)CCCC4C3CCC12. The summed E-state index contributed by atoms with van der Waals surface area (Å²) in [5.41, 5.74) is -0.0171. The van der Waals surface area contributed by atoms with Crippen LogP contribution in [0.5, 0.6) is 0 Å². The van der Waals surface area contributed by atoms with Crippen LogP contribution in [0, 0.1) is 45.8 Å². The van der Waals surface area contributed by atoms with E-state index in [2.05, 4.69) is 27.7 Å². The van der Waals surface area contributed by atoms with E-state index < -0.39 is 5.67 Å². The molecule has 0 aromatic rings. The third-order valence-corrected chi connectivity index (χ3v) is 11.4. The average Bonchev–Trinajstić information content (AvgIpc) is 3.00. The Bertz CT molecular complexity index is 615. The molecule has 5 fully saturated rings. The quantitative estimate of drug-likeness (QED) is 0.509. The molecule has 27 heavy (non-hydrogen) atoms. The summed E-state index contributed by atoms with van der Waals surface area (Å²) in [6, 6.07) is 0. The van der Waals surface area contributed by atoms with Crippen molar-refractivity contribution in [1.29, 1.82) is 0 Å². The minimum Gasteiger partial charge on any atom is -0.393 e. The zero-order valence-corrected chi connectivity index (χ0v) is 18.1. The van der Waals surface area contributed by atoms with E-state index in [-0.39, 0.29) is 11.5 Å². The van der Waals surface area contributed by atoms with Crippen molar-refractivity contribution < 1.29 is 9.50 Å². The van der Waals surface area contributed by atoms with E-state index in [4.69, 9.17) is 0 Å². The van der Waals surface area contributed by atoms with Gasteiger partial charge >= 0.3 is 0 Å². The molecule has 9 atom stereocenters. The predicted octanol–water partition coefficient (Wildman–Crippen LogP) is 6.53. The fourth-order valence-electron chi connectivity index (χ4n) is 10.1. The maximum absolute atomic E-state index is 15.5. The molecule has 0 heterocycles. The summed E-state index contributed by atoms with van der Waals surface area (Å²) in [5, 5.41) is 10.7. The lowest BCUT2D eigenvalue weighted by Crippen LogP contribution is -2.63. The van der Waals surface area contributed by atoms with Crippen LogP contribution in [0.15, 0.2) is 0 Å². The molecule has 0 saturated heterocycles. The van der Waals surface area contributed by atoms with Crippen LogP contribution in [-0.2, 0) is 0 Å². The molecule has 5 saturated carbocycles. The first-order valence-corrected chi connectivity index (χ1v) is 12.0. The van der Waals surface area contributed by atoms with Crippen LogP contribution in [-0.4, -0.2) is 16.9 Å². The molecule has 1 N–H and O–H groups in total. The van der Waals surface area contributed by atoms with Gasteiger partial charge in [0.05, 0.1) is 6.10 Å². The van der Waals surface area contributed by atoms with E-state index in [9.17, 15) is 5.11 Å². The van der Waals surface area contributed by atoms with Crippen LogP contribution >= 0.6 is 0 Å². The summed E-state index contributed by atoms with van der Waals surface area (Å²) in [7, 11) is 0. The number of fused-ring (bicyclic) bond motifs is 7. The summed E-state index contributed by atoms with van der Waals surface area (Å²) in [4.78, 5) is 0. The van der Waals surface area contributed by atoms with Gasteiger partial charge in [0.2, 0.25) is 0 Å². The van der Waals surface area contributed by atoms with Crippen molar-refractivity contribution in [3.8, 4) is 0 Å². The van der Waals surface area contributed by atoms with Crippen LogP contribution in [0.2, 0.25) is 0 Å². The van der Waals surface area contributed by atoms with Gasteiger partial charge in [-0.05, 0) is 116 Å². The van der Waals surface area contributed by atoms with E-state index >= 15 is 4.39 Å². The van der Waals surface area contributed by atoms with Crippen LogP contribution in [0.4, 0.5) is 4.39 Å². The molecule has 5 aliphatic rings. The lowest BCUT2D eigenvalue weighted by molar-refractivity contribution is -0.215. The van der Waals surface area contributed by atoms with E-state index in [1.54, 1.807) is 0 Å². The second-order valence-corrected chi connectivity index (χ2v) is 12.5. The standard InChI is InChI=1S/C25H41FO/c1-22(2)19-10-13-23(3)17-9-15-25(26)12-5-6-18(25)16(17)7-8-20(23)24(19,4)14-11-21(22)27/h16-21,27H,5-15H2,1-4H3. The number of rotatable bonds is 0. The van der Waals surface area contributed by atoms with Gasteiger partial charge in [0.25, 0.3) is 0 Å². The predicted molar refractivity (Wildman–Crippen MR) is 108 cm³/mol. The molecule has 1 nitrogen and oxygen atoms in total. The van der Waals surface area contributed by atoms with Gasteiger partial charge in [0.15, 0.2) is 0 Å². The first kappa shape index (κ1) is 18.9. The van der Waals surface area contributed by atoms with Crippen LogP contribution in [0.1, 0.15) is 98.3 Å². The molecule has 154 valence electrons. The molecular formula is C25H41FO. The highest BCUT2D eigenvalue weighted by Gasteiger charge is 2.66. The Kier molecular flexibility index (Phi) is 4.01. The molecule has 0 bridgehead atoms. The number of aliphatic hydroxyl groups is 1. The van der Waals surface area contributed by atoms with E-state index in [0.717, 1.165) is 50.4 Å². The first-order chi connectivity index (χ1) is 12.6. The first-order valence-electron chi connectivity index (χ1n) is 12.0. The van der Waals surface area contributed by atoms with Crippen molar-refractivity contribution in [2.75, 3.05) is 0 Å². The minimum atomic E-state index is -0.817. The summed E-state index contributed by atoms with van der Waals surface area (Å²) in [5.74, 6) is 3.17. The zero-order chi connectivity index (χ0) is 19.2. The molecule has 0 aliphatic heterocycles. The summed E-state index contributed by atoms with van der Waals surface area (Å²) in [6.45, 7) is 9.83. The van der Waals surface area contributed by atoms with E-state index in [0.29, 0.717) is 28.6 Å². The zero-order valence-electron chi connectivity index (χ0n) is 18.1. The average molecular weight is 377 g/mol. The van der Waals surface area contributed by atoms with Crippen molar-refractivity contribution in [3.63, 3.8) is 0 Å². The second kappa shape index (κ2) is 5.73. The normalized spacial score (nSPS) is 59.3. The smallest absolute Gasteiger partial charge is 0.114 e. The number of hydrogen-bond acceptors (Lipinski definition) is 1. The third-order valence-electron chi connectivity index (χ3n) is 11.4. The number of alkyl halides is 1. The van der Waals surface area contributed by atoms with Gasteiger partial charge in [0.1, 0.15) is 5.67 Å². The number of aliphatic hydroxyl groups excluding tert-OH is 1. The largest absolute Gasteiger partial charge is 0.393 e. The van der Waals surface area contributed by atoms with E-state index in [1.165, 1.54) is 32.1 Å². The van der Waals surface area contributed by atoms with Crippen molar-refractivity contribution in [1.82, 2.24) is 0 Å². The molecule has 0 amide bonds. The van der Waals surface area contributed by atoms with Crippen LogP contribution < -0.4 is 0 Å². The monoisotopic (exact) mass is 376 g/mol. The molecular weight excluding hydrogens is 335 g/mol. The molecule has 5 aliphatic carbocycles. The molecule has 0 aromatic carbocycles. The molecule has 5 rings (SSSR count). The fourth-order valence-corrected chi connectivity index (χ4v) is 10.1. The van der Waals surface area contributed by atoms with Gasteiger partial charge in [-0.25, -0.2) is 4.39 Å². The highest BCUT2D eigenvalue weighted by atomic mass is 19.1. The Labute approximate surface area is 165 Å². The second-order valence-electron chi connectivity index (χ2n) is 12.5.